The molecular formula is C21H38N8O6. The summed E-state index contributed by atoms with van der Waals surface area (Å²) in [5.41, 5.74) is 17.1. The summed E-state index contributed by atoms with van der Waals surface area (Å²) < 4.78 is 0. The van der Waals surface area contributed by atoms with E-state index < -0.39 is 54.5 Å². The lowest BCUT2D eigenvalue weighted by atomic mass is 10.0. The van der Waals surface area contributed by atoms with Crippen LogP contribution in [0.5, 0.6) is 0 Å². The van der Waals surface area contributed by atoms with Crippen LogP contribution in [-0.2, 0) is 25.6 Å². The summed E-state index contributed by atoms with van der Waals surface area (Å²) in [6.07, 6.45) is 5.54. The maximum absolute atomic E-state index is 13.1. The van der Waals surface area contributed by atoms with Gasteiger partial charge in [0.2, 0.25) is 17.7 Å². The monoisotopic (exact) mass is 498 g/mol. The summed E-state index contributed by atoms with van der Waals surface area (Å²) in [5.74, 6) is -3.28. The van der Waals surface area contributed by atoms with Gasteiger partial charge in [0.25, 0.3) is 0 Å². The van der Waals surface area contributed by atoms with Crippen LogP contribution in [-0.4, -0.2) is 87.7 Å². The number of aliphatic carboxylic acids is 1. The van der Waals surface area contributed by atoms with Crippen molar-refractivity contribution in [3.05, 3.63) is 18.2 Å². The molecule has 1 aromatic heterocycles. The van der Waals surface area contributed by atoms with E-state index in [4.69, 9.17) is 22.3 Å². The molecule has 35 heavy (non-hydrogen) atoms. The molecule has 4 unspecified atom stereocenters. The van der Waals surface area contributed by atoms with Gasteiger partial charge in [0.05, 0.1) is 12.9 Å². The topological polar surface area (TPSA) is 252 Å². The number of unbranched alkanes of at least 4 members (excludes halogenated alkanes) is 2. The van der Waals surface area contributed by atoms with Crippen LogP contribution in [0.15, 0.2) is 12.5 Å². The number of carbonyl (C=O) groups excluding carboxylic acids is 3. The SMILES string of the molecule is NCCCCC(NC(=O)C(CCCCN)NC(=O)C(Cc1cnc[nH]1)NC(=O)C(N)CO)C(=O)O. The van der Waals surface area contributed by atoms with Crippen molar-refractivity contribution >= 4 is 23.7 Å². The Morgan fingerprint density at radius 3 is 1.94 bits per heavy atom. The molecule has 0 spiro atoms. The van der Waals surface area contributed by atoms with E-state index in [0.717, 1.165) is 0 Å². The second kappa shape index (κ2) is 16.5. The number of carbonyl (C=O) groups is 4. The lowest BCUT2D eigenvalue weighted by Gasteiger charge is -2.25. The number of rotatable bonds is 18. The third-order valence-corrected chi connectivity index (χ3v) is 5.29. The van der Waals surface area contributed by atoms with Crippen molar-refractivity contribution in [2.75, 3.05) is 19.7 Å². The Labute approximate surface area is 203 Å². The van der Waals surface area contributed by atoms with Gasteiger partial charge in [-0.15, -0.1) is 0 Å². The number of nitrogens with one attached hydrogen (secondary N) is 4. The quantitative estimate of drug-likeness (QED) is 0.0931. The Morgan fingerprint density at radius 2 is 1.43 bits per heavy atom. The number of H-pyrrole nitrogens is 1. The molecule has 198 valence electrons. The number of hydrogen-bond acceptors (Lipinski definition) is 9. The zero-order valence-electron chi connectivity index (χ0n) is 19.7. The molecule has 4 atom stereocenters. The zero-order chi connectivity index (χ0) is 26.2. The van der Waals surface area contributed by atoms with Crippen molar-refractivity contribution in [3.8, 4) is 0 Å². The molecule has 3 amide bonds. The molecular weight excluding hydrogens is 460 g/mol. The van der Waals surface area contributed by atoms with E-state index >= 15 is 0 Å². The standard InChI is InChI=1S/C21H38N8O6/c22-7-3-1-5-15(19(32)28-16(21(34)35)6-2-4-8-23)27-20(33)17(9-13-10-25-12-26-13)29-18(31)14(24)11-30/h10,12,14-17,30H,1-9,11,22-24H2,(H,25,26)(H,27,33)(H,28,32)(H,29,31)(H,34,35). The van der Waals surface area contributed by atoms with E-state index in [1.807, 2.05) is 0 Å². The van der Waals surface area contributed by atoms with Gasteiger partial charge in [-0.25, -0.2) is 9.78 Å². The fourth-order valence-electron chi connectivity index (χ4n) is 3.24. The van der Waals surface area contributed by atoms with Crippen LogP contribution in [0.2, 0.25) is 0 Å². The van der Waals surface area contributed by atoms with E-state index in [1.165, 1.54) is 12.5 Å². The summed E-state index contributed by atoms with van der Waals surface area (Å²) >= 11 is 0. The van der Waals surface area contributed by atoms with Gasteiger partial charge >= 0.3 is 5.97 Å². The number of amides is 3. The molecule has 0 aliphatic carbocycles. The number of imidazole rings is 1. The zero-order valence-corrected chi connectivity index (χ0v) is 19.7. The predicted molar refractivity (Wildman–Crippen MR) is 127 cm³/mol. The number of aromatic nitrogens is 2. The van der Waals surface area contributed by atoms with Gasteiger partial charge in [-0.3, -0.25) is 14.4 Å². The fraction of sp³-hybridized carbons (Fsp3) is 0.667. The number of nitrogens with zero attached hydrogens (tertiary/aromatic N) is 1. The van der Waals surface area contributed by atoms with Crippen molar-refractivity contribution in [1.29, 1.82) is 0 Å². The van der Waals surface area contributed by atoms with Crippen LogP contribution in [0.4, 0.5) is 0 Å². The fourth-order valence-corrected chi connectivity index (χ4v) is 3.24. The van der Waals surface area contributed by atoms with Crippen molar-refractivity contribution in [3.63, 3.8) is 0 Å². The van der Waals surface area contributed by atoms with Crippen molar-refractivity contribution in [1.82, 2.24) is 25.9 Å². The molecule has 0 aliphatic heterocycles. The lowest BCUT2D eigenvalue weighted by Crippen LogP contribution is -2.58. The Balaban J connectivity index is 2.99. The van der Waals surface area contributed by atoms with Gasteiger partial charge in [0.1, 0.15) is 24.2 Å². The van der Waals surface area contributed by atoms with Crippen LogP contribution >= 0.6 is 0 Å². The molecule has 0 bridgehead atoms. The van der Waals surface area contributed by atoms with Crippen LogP contribution in [0, 0.1) is 0 Å². The second-order valence-corrected chi connectivity index (χ2v) is 8.16. The summed E-state index contributed by atoms with van der Waals surface area (Å²) in [7, 11) is 0. The first-order chi connectivity index (χ1) is 16.7. The second-order valence-electron chi connectivity index (χ2n) is 8.16. The maximum Gasteiger partial charge on any atom is 0.326 e. The molecule has 0 fully saturated rings. The summed E-state index contributed by atoms with van der Waals surface area (Å²) in [4.78, 5) is 56.6. The minimum Gasteiger partial charge on any atom is -0.480 e. The number of nitrogens with two attached hydrogens (primary N) is 3. The van der Waals surface area contributed by atoms with E-state index in [0.29, 0.717) is 44.5 Å². The largest absolute Gasteiger partial charge is 0.480 e. The summed E-state index contributed by atoms with van der Waals surface area (Å²) in [5, 5.41) is 26.2. The molecule has 0 aliphatic rings. The number of carboxylic acids is 1. The number of carboxylic acid groups (broad SMARTS) is 1. The number of aromatic amines is 1. The number of aliphatic hydroxyl groups is 1. The van der Waals surface area contributed by atoms with Gasteiger partial charge in [-0.1, -0.05) is 0 Å². The lowest BCUT2D eigenvalue weighted by molar-refractivity contribution is -0.142. The highest BCUT2D eigenvalue weighted by Gasteiger charge is 2.30. The normalized spacial score (nSPS) is 14.4. The van der Waals surface area contributed by atoms with Gasteiger partial charge in [-0.2, -0.15) is 0 Å². The van der Waals surface area contributed by atoms with Crippen molar-refractivity contribution in [2.45, 2.75) is 69.1 Å². The average molecular weight is 499 g/mol. The highest BCUT2D eigenvalue weighted by atomic mass is 16.4. The first-order valence-electron chi connectivity index (χ1n) is 11.6. The molecule has 1 rings (SSSR count). The molecule has 0 saturated carbocycles. The molecule has 1 aromatic rings. The van der Waals surface area contributed by atoms with Crippen LogP contribution < -0.4 is 33.2 Å². The third-order valence-electron chi connectivity index (χ3n) is 5.29. The molecule has 14 heteroatoms. The molecule has 12 N–H and O–H groups in total. The summed E-state index contributed by atoms with van der Waals surface area (Å²) in [6.45, 7) is 0.174. The molecule has 0 saturated heterocycles. The van der Waals surface area contributed by atoms with Crippen molar-refractivity contribution < 1.29 is 29.4 Å². The Kier molecular flexibility index (Phi) is 14.2. The van der Waals surface area contributed by atoms with Gasteiger partial charge in [0.15, 0.2) is 0 Å². The van der Waals surface area contributed by atoms with Crippen LogP contribution in [0.25, 0.3) is 0 Å². The average Bonchev–Trinajstić information content (AvgIpc) is 3.34. The van der Waals surface area contributed by atoms with E-state index in [2.05, 4.69) is 25.9 Å². The Bertz CT molecular complexity index is 791. The highest BCUT2D eigenvalue weighted by Crippen LogP contribution is 2.07. The number of hydrogen-bond donors (Lipinski definition) is 9. The number of aliphatic hydroxyl groups excluding tert-OH is 1. The maximum atomic E-state index is 13.1. The minimum absolute atomic E-state index is 0.0176. The molecule has 1 heterocycles. The minimum atomic E-state index is -1.24. The van der Waals surface area contributed by atoms with E-state index in [1.54, 1.807) is 0 Å². The van der Waals surface area contributed by atoms with Crippen LogP contribution in [0.1, 0.15) is 44.2 Å². The van der Waals surface area contributed by atoms with Gasteiger partial charge in [0, 0.05) is 18.3 Å². The molecule has 0 aromatic carbocycles. The van der Waals surface area contributed by atoms with E-state index in [9.17, 15) is 24.3 Å². The molecule has 0 radical (unpaired) electrons. The Hall–Kier alpha value is -3.07. The van der Waals surface area contributed by atoms with E-state index in [-0.39, 0.29) is 19.3 Å². The summed E-state index contributed by atoms with van der Waals surface area (Å²) in [6, 6.07) is -4.56. The van der Waals surface area contributed by atoms with Gasteiger partial charge < -0.3 is 48.3 Å². The van der Waals surface area contributed by atoms with Crippen molar-refractivity contribution in [2.24, 2.45) is 17.2 Å². The third kappa shape index (κ3) is 11.3. The first kappa shape index (κ1) is 30.0. The first-order valence-corrected chi connectivity index (χ1v) is 11.6. The highest BCUT2D eigenvalue weighted by molar-refractivity contribution is 5.94. The van der Waals surface area contributed by atoms with Gasteiger partial charge in [-0.05, 0) is 51.6 Å². The molecule has 14 nitrogen and oxygen atoms in total. The van der Waals surface area contributed by atoms with Crippen LogP contribution in [0.3, 0.4) is 0 Å². The Morgan fingerprint density at radius 1 is 0.886 bits per heavy atom. The predicted octanol–water partition coefficient (Wildman–Crippen LogP) is -2.93. The smallest absolute Gasteiger partial charge is 0.326 e.